The molecule has 1 N–H and O–H groups in total. The monoisotopic (exact) mass is 277 g/mol. The van der Waals surface area contributed by atoms with Gasteiger partial charge >= 0.3 is 0 Å². The second-order valence-corrected chi connectivity index (χ2v) is 5.70. The first-order valence-electron chi connectivity index (χ1n) is 8.08. The molecule has 0 aromatic carbocycles. The number of hydrogen-bond acceptors (Lipinski definition) is 3. The zero-order valence-electron chi connectivity index (χ0n) is 13.9. The normalized spacial score (nSPS) is 11.1. The number of hydrogen-bond donors (Lipinski definition) is 1. The first-order chi connectivity index (χ1) is 9.60. The maximum Gasteiger partial charge on any atom is 0.129 e. The van der Waals surface area contributed by atoms with E-state index in [1.807, 2.05) is 0 Å². The van der Waals surface area contributed by atoms with E-state index in [0.29, 0.717) is 6.04 Å². The Balaban J connectivity index is 2.94. The van der Waals surface area contributed by atoms with Gasteiger partial charge in [0.15, 0.2) is 0 Å². The smallest absolute Gasteiger partial charge is 0.129 e. The van der Waals surface area contributed by atoms with Crippen LogP contribution in [0.15, 0.2) is 12.1 Å². The minimum absolute atomic E-state index is 0.513. The minimum atomic E-state index is 0.513. The summed E-state index contributed by atoms with van der Waals surface area (Å²) in [5, 5.41) is 3.50. The summed E-state index contributed by atoms with van der Waals surface area (Å²) in [5.41, 5.74) is 2.54. The number of nitrogens with one attached hydrogen (secondary N) is 1. The van der Waals surface area contributed by atoms with E-state index in [2.05, 4.69) is 57.0 Å². The number of nitrogens with zero attached hydrogens (tertiary/aromatic N) is 2. The Hall–Kier alpha value is -1.09. The van der Waals surface area contributed by atoms with Gasteiger partial charge in [0.1, 0.15) is 5.82 Å². The van der Waals surface area contributed by atoms with Crippen molar-refractivity contribution in [1.29, 1.82) is 0 Å². The summed E-state index contributed by atoms with van der Waals surface area (Å²) in [5.74, 6) is 1.15. The molecular weight excluding hydrogens is 246 g/mol. The molecule has 114 valence electrons. The van der Waals surface area contributed by atoms with Gasteiger partial charge in [-0.1, -0.05) is 34.6 Å². The van der Waals surface area contributed by atoms with E-state index >= 15 is 0 Å². The van der Waals surface area contributed by atoms with Gasteiger partial charge in [0, 0.05) is 31.4 Å². The summed E-state index contributed by atoms with van der Waals surface area (Å²) >= 11 is 0. The topological polar surface area (TPSA) is 28.2 Å². The Morgan fingerprint density at radius 1 is 1.10 bits per heavy atom. The molecule has 0 amide bonds. The third-order valence-electron chi connectivity index (χ3n) is 3.31. The van der Waals surface area contributed by atoms with Crippen molar-refractivity contribution < 1.29 is 0 Å². The quantitative estimate of drug-likeness (QED) is 0.745. The van der Waals surface area contributed by atoms with E-state index in [0.717, 1.165) is 44.7 Å². The van der Waals surface area contributed by atoms with E-state index in [9.17, 15) is 0 Å². The maximum atomic E-state index is 4.81. The van der Waals surface area contributed by atoms with E-state index in [1.54, 1.807) is 0 Å². The lowest BCUT2D eigenvalue weighted by atomic mass is 10.1. The molecule has 0 atom stereocenters. The summed E-state index contributed by atoms with van der Waals surface area (Å²) < 4.78 is 0. The van der Waals surface area contributed by atoms with Gasteiger partial charge in [-0.25, -0.2) is 4.98 Å². The first kappa shape index (κ1) is 17.0. The molecule has 3 nitrogen and oxygen atoms in total. The van der Waals surface area contributed by atoms with Gasteiger partial charge in [-0.15, -0.1) is 0 Å². The average Bonchev–Trinajstić information content (AvgIpc) is 2.44. The molecule has 0 saturated heterocycles. The number of aromatic nitrogens is 1. The van der Waals surface area contributed by atoms with Crippen LogP contribution in [0.3, 0.4) is 0 Å². The first-order valence-corrected chi connectivity index (χ1v) is 8.08. The molecule has 20 heavy (non-hydrogen) atoms. The zero-order valence-corrected chi connectivity index (χ0v) is 13.9. The highest BCUT2D eigenvalue weighted by atomic mass is 15.2. The van der Waals surface area contributed by atoms with Crippen LogP contribution in [0.2, 0.25) is 0 Å². The lowest BCUT2D eigenvalue weighted by Gasteiger charge is -2.24. The lowest BCUT2D eigenvalue weighted by Crippen LogP contribution is -2.27. The molecule has 1 rings (SSSR count). The Morgan fingerprint density at radius 3 is 2.25 bits per heavy atom. The molecule has 0 radical (unpaired) electrons. The lowest BCUT2D eigenvalue weighted by molar-refractivity contribution is 0.587. The van der Waals surface area contributed by atoms with Gasteiger partial charge in [-0.2, -0.15) is 0 Å². The van der Waals surface area contributed by atoms with Crippen LogP contribution in [-0.2, 0) is 13.0 Å². The van der Waals surface area contributed by atoms with Crippen LogP contribution >= 0.6 is 0 Å². The SMILES string of the molecule is CCCN(CCC)c1cc(CNC(C)C)cc(CC)n1. The molecule has 0 fully saturated rings. The van der Waals surface area contributed by atoms with Crippen LogP contribution in [0.5, 0.6) is 0 Å². The van der Waals surface area contributed by atoms with Crippen molar-refractivity contribution in [3.63, 3.8) is 0 Å². The average molecular weight is 277 g/mol. The number of anilines is 1. The van der Waals surface area contributed by atoms with Crippen LogP contribution in [0.4, 0.5) is 5.82 Å². The van der Waals surface area contributed by atoms with Crippen molar-refractivity contribution in [2.75, 3.05) is 18.0 Å². The minimum Gasteiger partial charge on any atom is -0.357 e. The highest BCUT2D eigenvalue weighted by Gasteiger charge is 2.09. The molecule has 0 bridgehead atoms. The van der Waals surface area contributed by atoms with Gasteiger partial charge in [0.25, 0.3) is 0 Å². The predicted octanol–water partition coefficient (Wildman–Crippen LogP) is 3.77. The van der Waals surface area contributed by atoms with Gasteiger partial charge < -0.3 is 10.2 Å². The second kappa shape index (κ2) is 8.96. The van der Waals surface area contributed by atoms with Crippen molar-refractivity contribution in [1.82, 2.24) is 10.3 Å². The molecule has 0 saturated carbocycles. The highest BCUT2D eigenvalue weighted by Crippen LogP contribution is 2.17. The van der Waals surface area contributed by atoms with Gasteiger partial charge in [-0.05, 0) is 37.0 Å². The Morgan fingerprint density at radius 2 is 1.75 bits per heavy atom. The molecule has 0 aliphatic rings. The number of rotatable bonds is 9. The molecule has 3 heteroatoms. The van der Waals surface area contributed by atoms with Crippen molar-refractivity contribution in [3.8, 4) is 0 Å². The fourth-order valence-corrected chi connectivity index (χ4v) is 2.28. The summed E-state index contributed by atoms with van der Waals surface area (Å²) in [6, 6.07) is 4.99. The van der Waals surface area contributed by atoms with Crippen LogP contribution in [0.1, 0.15) is 58.7 Å². The standard InChI is InChI=1S/C17H31N3/c1-6-9-20(10-7-2)17-12-15(13-18-14(4)5)11-16(8-3)19-17/h11-12,14,18H,6-10,13H2,1-5H3. The molecule has 0 aliphatic carbocycles. The molecular formula is C17H31N3. The Kier molecular flexibility index (Phi) is 7.60. The van der Waals surface area contributed by atoms with Crippen molar-refractivity contribution in [3.05, 3.63) is 23.4 Å². The third-order valence-corrected chi connectivity index (χ3v) is 3.31. The zero-order chi connectivity index (χ0) is 15.0. The van der Waals surface area contributed by atoms with E-state index in [-0.39, 0.29) is 0 Å². The van der Waals surface area contributed by atoms with E-state index in [1.165, 1.54) is 11.3 Å². The van der Waals surface area contributed by atoms with E-state index in [4.69, 9.17) is 4.98 Å². The molecule has 0 aliphatic heterocycles. The Bertz CT molecular complexity index is 382. The highest BCUT2D eigenvalue weighted by molar-refractivity contribution is 5.43. The van der Waals surface area contributed by atoms with Gasteiger partial charge in [0.05, 0.1) is 0 Å². The van der Waals surface area contributed by atoms with Crippen molar-refractivity contribution >= 4 is 5.82 Å². The van der Waals surface area contributed by atoms with Crippen LogP contribution < -0.4 is 10.2 Å². The van der Waals surface area contributed by atoms with Crippen LogP contribution in [0, 0.1) is 0 Å². The summed E-state index contributed by atoms with van der Waals surface area (Å²) in [4.78, 5) is 7.23. The van der Waals surface area contributed by atoms with Crippen molar-refractivity contribution in [2.45, 2.75) is 66.5 Å². The molecule has 1 aromatic heterocycles. The number of pyridine rings is 1. The fourth-order valence-electron chi connectivity index (χ4n) is 2.28. The molecule has 0 unspecified atom stereocenters. The molecule has 1 aromatic rings. The maximum absolute atomic E-state index is 4.81. The van der Waals surface area contributed by atoms with Gasteiger partial charge in [0.2, 0.25) is 0 Å². The summed E-state index contributed by atoms with van der Waals surface area (Å²) in [6.07, 6.45) is 3.32. The van der Waals surface area contributed by atoms with Crippen LogP contribution in [0.25, 0.3) is 0 Å². The summed E-state index contributed by atoms with van der Waals surface area (Å²) in [6.45, 7) is 14.1. The molecule has 0 spiro atoms. The van der Waals surface area contributed by atoms with Gasteiger partial charge in [-0.3, -0.25) is 0 Å². The largest absolute Gasteiger partial charge is 0.357 e. The Labute approximate surface area is 124 Å². The third kappa shape index (κ3) is 5.49. The summed E-state index contributed by atoms with van der Waals surface area (Å²) in [7, 11) is 0. The molecule has 1 heterocycles. The fraction of sp³-hybridized carbons (Fsp3) is 0.706. The van der Waals surface area contributed by atoms with Crippen LogP contribution in [-0.4, -0.2) is 24.1 Å². The predicted molar refractivity (Wildman–Crippen MR) is 88.4 cm³/mol. The second-order valence-electron chi connectivity index (χ2n) is 5.70. The number of aryl methyl sites for hydroxylation is 1. The van der Waals surface area contributed by atoms with Crippen molar-refractivity contribution in [2.24, 2.45) is 0 Å². The van der Waals surface area contributed by atoms with E-state index < -0.39 is 0 Å².